The van der Waals surface area contributed by atoms with E-state index in [2.05, 4.69) is 5.32 Å². The minimum absolute atomic E-state index is 0.120. The van der Waals surface area contributed by atoms with Gasteiger partial charge in [0.1, 0.15) is 13.2 Å². The Labute approximate surface area is 140 Å². The van der Waals surface area contributed by atoms with Crippen LogP contribution in [0, 0.1) is 0 Å². The van der Waals surface area contributed by atoms with Gasteiger partial charge in [-0.15, -0.1) is 11.8 Å². The van der Waals surface area contributed by atoms with Crippen LogP contribution < -0.4 is 5.32 Å². The van der Waals surface area contributed by atoms with Crippen molar-refractivity contribution in [2.24, 2.45) is 0 Å². The average Bonchev–Trinajstić information content (AvgIpc) is 2.59. The number of amides is 1. The Balaban J connectivity index is 1.70. The fourth-order valence-corrected chi connectivity index (χ4v) is 2.76. The largest absolute Gasteiger partial charge is 0.460 e. The van der Waals surface area contributed by atoms with Crippen LogP contribution in [-0.2, 0) is 20.9 Å². The van der Waals surface area contributed by atoms with Crippen molar-refractivity contribution in [1.82, 2.24) is 5.32 Å². The molecule has 0 radical (unpaired) electrons. The topological polar surface area (TPSA) is 55.4 Å². The lowest BCUT2D eigenvalue weighted by Crippen LogP contribution is -2.35. The molecule has 2 rings (SSSR count). The third-order valence-corrected chi connectivity index (χ3v) is 4.19. The average molecular weight is 329 g/mol. The van der Waals surface area contributed by atoms with Gasteiger partial charge in [-0.25, -0.2) is 0 Å². The lowest BCUT2D eigenvalue weighted by molar-refractivity contribution is -0.145. The first-order chi connectivity index (χ1) is 11.1. The zero-order valence-corrected chi connectivity index (χ0v) is 13.7. The van der Waals surface area contributed by atoms with Crippen molar-refractivity contribution in [3.05, 3.63) is 66.2 Å². The van der Waals surface area contributed by atoms with E-state index >= 15 is 0 Å². The van der Waals surface area contributed by atoms with Gasteiger partial charge in [0, 0.05) is 4.90 Å². The summed E-state index contributed by atoms with van der Waals surface area (Å²) < 4.78 is 5.12. The number of hydrogen-bond acceptors (Lipinski definition) is 4. The van der Waals surface area contributed by atoms with E-state index < -0.39 is 5.97 Å². The molecule has 0 saturated carbocycles. The van der Waals surface area contributed by atoms with Gasteiger partial charge in [-0.3, -0.25) is 9.59 Å². The van der Waals surface area contributed by atoms with Gasteiger partial charge in [-0.2, -0.15) is 0 Å². The smallest absolute Gasteiger partial charge is 0.325 e. The first kappa shape index (κ1) is 17.1. The molecule has 2 aromatic rings. The molecule has 1 N–H and O–H groups in total. The summed E-state index contributed by atoms with van der Waals surface area (Å²) in [5.74, 6) is -0.630. The second-order valence-corrected chi connectivity index (χ2v) is 6.35. The van der Waals surface area contributed by atoms with Crippen LogP contribution in [0.25, 0.3) is 0 Å². The van der Waals surface area contributed by atoms with E-state index in [1.54, 1.807) is 0 Å². The van der Waals surface area contributed by atoms with Gasteiger partial charge in [0.25, 0.3) is 0 Å². The predicted octanol–water partition coefficient (Wildman–Crippen LogP) is 3.03. The molecule has 120 valence electrons. The fraction of sp³-hybridized carbons (Fsp3) is 0.222. The third kappa shape index (κ3) is 6.16. The van der Waals surface area contributed by atoms with E-state index in [0.29, 0.717) is 0 Å². The molecule has 1 amide bonds. The molecule has 4 nitrogen and oxygen atoms in total. The molecule has 23 heavy (non-hydrogen) atoms. The number of carbonyl (C=O) groups is 2. The molecular weight excluding hydrogens is 310 g/mol. The molecule has 1 unspecified atom stereocenters. The number of hydrogen-bond donors (Lipinski definition) is 1. The lowest BCUT2D eigenvalue weighted by atomic mass is 10.2. The molecule has 0 aromatic heterocycles. The normalized spacial score (nSPS) is 11.5. The Morgan fingerprint density at radius 1 is 1.04 bits per heavy atom. The summed E-state index contributed by atoms with van der Waals surface area (Å²) in [4.78, 5) is 24.7. The maximum Gasteiger partial charge on any atom is 0.325 e. The van der Waals surface area contributed by atoms with Crippen LogP contribution in [0.3, 0.4) is 0 Å². The summed E-state index contributed by atoms with van der Waals surface area (Å²) >= 11 is 1.45. The molecule has 1 atom stereocenters. The highest BCUT2D eigenvalue weighted by Crippen LogP contribution is 2.22. The first-order valence-corrected chi connectivity index (χ1v) is 8.22. The van der Waals surface area contributed by atoms with E-state index in [1.807, 2.05) is 67.6 Å². The van der Waals surface area contributed by atoms with E-state index in [9.17, 15) is 9.59 Å². The van der Waals surface area contributed by atoms with Gasteiger partial charge in [0.05, 0.1) is 5.25 Å². The molecule has 0 saturated heterocycles. The van der Waals surface area contributed by atoms with Crippen LogP contribution in [0.15, 0.2) is 65.6 Å². The summed E-state index contributed by atoms with van der Waals surface area (Å²) in [6.45, 7) is 1.90. The van der Waals surface area contributed by atoms with Crippen LogP contribution in [0.2, 0.25) is 0 Å². The van der Waals surface area contributed by atoms with Crippen molar-refractivity contribution in [3.63, 3.8) is 0 Å². The molecule has 0 aliphatic rings. The molecule has 0 aliphatic heterocycles. The Hall–Kier alpha value is -2.27. The van der Waals surface area contributed by atoms with Crippen molar-refractivity contribution in [3.8, 4) is 0 Å². The summed E-state index contributed by atoms with van der Waals surface area (Å²) in [6.07, 6.45) is 0. The molecule has 0 bridgehead atoms. The second kappa shape index (κ2) is 9.00. The van der Waals surface area contributed by atoms with Crippen molar-refractivity contribution >= 4 is 23.6 Å². The second-order valence-electron chi connectivity index (χ2n) is 4.94. The first-order valence-electron chi connectivity index (χ1n) is 7.34. The zero-order chi connectivity index (χ0) is 16.5. The van der Waals surface area contributed by atoms with Gasteiger partial charge >= 0.3 is 5.97 Å². The van der Waals surface area contributed by atoms with Crippen LogP contribution in [0.5, 0.6) is 0 Å². The molecular formula is C18H19NO3S. The van der Waals surface area contributed by atoms with Crippen LogP contribution in [0.1, 0.15) is 12.5 Å². The number of benzene rings is 2. The highest BCUT2D eigenvalue weighted by molar-refractivity contribution is 8.00. The van der Waals surface area contributed by atoms with Crippen molar-refractivity contribution in [2.45, 2.75) is 23.7 Å². The maximum absolute atomic E-state index is 12.0. The minimum atomic E-state index is -0.445. The predicted molar refractivity (Wildman–Crippen MR) is 91.0 cm³/mol. The number of ether oxygens (including phenoxy) is 1. The quantitative estimate of drug-likeness (QED) is 0.627. The van der Waals surface area contributed by atoms with Gasteiger partial charge in [0.2, 0.25) is 5.91 Å². The van der Waals surface area contributed by atoms with E-state index in [-0.39, 0.29) is 24.3 Å². The van der Waals surface area contributed by atoms with Crippen LogP contribution in [0.4, 0.5) is 0 Å². The Bertz CT molecular complexity index is 631. The zero-order valence-electron chi connectivity index (χ0n) is 12.9. The minimum Gasteiger partial charge on any atom is -0.460 e. The summed E-state index contributed by atoms with van der Waals surface area (Å²) in [5.41, 5.74) is 0.917. The number of rotatable bonds is 7. The molecule has 5 heteroatoms. The van der Waals surface area contributed by atoms with Crippen molar-refractivity contribution in [1.29, 1.82) is 0 Å². The van der Waals surface area contributed by atoms with Gasteiger partial charge in [-0.1, -0.05) is 48.5 Å². The van der Waals surface area contributed by atoms with Crippen molar-refractivity contribution < 1.29 is 14.3 Å². The van der Waals surface area contributed by atoms with E-state index in [4.69, 9.17) is 4.74 Å². The molecule has 0 aliphatic carbocycles. The van der Waals surface area contributed by atoms with Gasteiger partial charge in [-0.05, 0) is 24.6 Å². The van der Waals surface area contributed by atoms with Gasteiger partial charge < -0.3 is 10.1 Å². The van der Waals surface area contributed by atoms with Crippen molar-refractivity contribution in [2.75, 3.05) is 6.54 Å². The number of nitrogens with one attached hydrogen (secondary N) is 1. The summed E-state index contributed by atoms with van der Waals surface area (Å²) in [7, 11) is 0. The van der Waals surface area contributed by atoms with E-state index in [0.717, 1.165) is 10.5 Å². The number of carbonyl (C=O) groups excluding carboxylic acids is 2. The Morgan fingerprint density at radius 3 is 2.30 bits per heavy atom. The molecule has 0 spiro atoms. The monoisotopic (exact) mass is 329 g/mol. The Kier molecular flexibility index (Phi) is 6.69. The highest BCUT2D eigenvalue weighted by atomic mass is 32.2. The summed E-state index contributed by atoms with van der Waals surface area (Å²) in [6, 6.07) is 19.1. The Morgan fingerprint density at radius 2 is 1.65 bits per heavy atom. The molecule has 0 heterocycles. The molecule has 0 fully saturated rings. The SMILES string of the molecule is CC(Sc1ccccc1)C(=O)NCC(=O)OCc1ccccc1. The maximum atomic E-state index is 12.0. The fourth-order valence-electron chi connectivity index (χ4n) is 1.85. The standard InChI is InChI=1S/C18H19NO3S/c1-14(23-16-10-6-3-7-11-16)18(21)19-12-17(20)22-13-15-8-4-2-5-9-15/h2-11,14H,12-13H2,1H3,(H,19,21). The lowest BCUT2D eigenvalue weighted by Gasteiger charge is -2.11. The number of esters is 1. The summed E-state index contributed by atoms with van der Waals surface area (Å²) in [5, 5.41) is 2.33. The number of thioether (sulfide) groups is 1. The van der Waals surface area contributed by atoms with Crippen LogP contribution in [-0.4, -0.2) is 23.7 Å². The third-order valence-electron chi connectivity index (χ3n) is 3.07. The highest BCUT2D eigenvalue weighted by Gasteiger charge is 2.15. The van der Waals surface area contributed by atoms with Gasteiger partial charge in [0.15, 0.2) is 0 Å². The molecule has 2 aromatic carbocycles. The van der Waals surface area contributed by atoms with Crippen LogP contribution >= 0.6 is 11.8 Å². The van der Waals surface area contributed by atoms with E-state index in [1.165, 1.54) is 11.8 Å².